The van der Waals surface area contributed by atoms with Crippen LogP contribution in [-0.4, -0.2) is 37.8 Å². The van der Waals surface area contributed by atoms with E-state index in [1.807, 2.05) is 42.1 Å². The lowest BCUT2D eigenvalue weighted by atomic mass is 10.2. The number of carbonyl (C=O) groups excluding carboxylic acids is 1. The van der Waals surface area contributed by atoms with Crippen LogP contribution in [0.15, 0.2) is 42.9 Å². The summed E-state index contributed by atoms with van der Waals surface area (Å²) < 4.78 is 8.58. The third-order valence-corrected chi connectivity index (χ3v) is 3.74. The molecule has 0 saturated heterocycles. The highest BCUT2D eigenvalue weighted by Gasteiger charge is 2.11. The Kier molecular flexibility index (Phi) is 5.08. The molecule has 1 aromatic carbocycles. The van der Waals surface area contributed by atoms with Gasteiger partial charge in [-0.3, -0.25) is 9.48 Å². The zero-order valence-electron chi connectivity index (χ0n) is 14.2. The van der Waals surface area contributed by atoms with Crippen LogP contribution in [-0.2, 0) is 19.6 Å². The summed E-state index contributed by atoms with van der Waals surface area (Å²) in [5.41, 5.74) is 2.28. The van der Waals surface area contributed by atoms with Gasteiger partial charge in [-0.1, -0.05) is 17.3 Å². The fraction of sp³-hybridized carbons (Fsp3) is 0.294. The van der Waals surface area contributed by atoms with E-state index in [0.717, 1.165) is 23.4 Å². The molecular formula is C17H20N6O2. The van der Waals surface area contributed by atoms with Crippen molar-refractivity contribution in [2.75, 3.05) is 7.11 Å². The number of nitrogens with one attached hydrogen (secondary N) is 1. The molecule has 130 valence electrons. The fourth-order valence-electron chi connectivity index (χ4n) is 2.34. The van der Waals surface area contributed by atoms with Crippen molar-refractivity contribution in [1.29, 1.82) is 0 Å². The van der Waals surface area contributed by atoms with Gasteiger partial charge in [-0.15, -0.1) is 5.10 Å². The van der Waals surface area contributed by atoms with E-state index < -0.39 is 0 Å². The maximum absolute atomic E-state index is 12.2. The number of aryl methyl sites for hydroxylation is 1. The van der Waals surface area contributed by atoms with Gasteiger partial charge in [0.05, 0.1) is 26.0 Å². The number of carbonyl (C=O) groups is 1. The van der Waals surface area contributed by atoms with Crippen molar-refractivity contribution in [1.82, 2.24) is 30.1 Å². The second kappa shape index (κ2) is 7.61. The number of hydrogen-bond acceptors (Lipinski definition) is 5. The van der Waals surface area contributed by atoms with Crippen molar-refractivity contribution in [2.45, 2.75) is 26.6 Å². The van der Waals surface area contributed by atoms with Crippen LogP contribution in [0, 0.1) is 0 Å². The van der Waals surface area contributed by atoms with E-state index in [-0.39, 0.29) is 11.6 Å². The molecule has 2 heterocycles. The van der Waals surface area contributed by atoms with E-state index in [9.17, 15) is 4.79 Å². The summed E-state index contributed by atoms with van der Waals surface area (Å²) in [4.78, 5) is 12.2. The molecule has 2 aromatic heterocycles. The van der Waals surface area contributed by atoms with Gasteiger partial charge in [0.25, 0.3) is 5.91 Å². The predicted octanol–water partition coefficient (Wildman–Crippen LogP) is 1.48. The molecule has 0 aliphatic rings. The summed E-state index contributed by atoms with van der Waals surface area (Å²) in [6.07, 6.45) is 5.28. The predicted molar refractivity (Wildman–Crippen MR) is 91.2 cm³/mol. The monoisotopic (exact) mass is 340 g/mol. The zero-order valence-corrected chi connectivity index (χ0v) is 14.2. The van der Waals surface area contributed by atoms with Gasteiger partial charge in [-0.2, -0.15) is 5.10 Å². The van der Waals surface area contributed by atoms with E-state index in [2.05, 4.69) is 20.7 Å². The number of rotatable bonds is 7. The Labute approximate surface area is 145 Å². The van der Waals surface area contributed by atoms with Crippen molar-refractivity contribution < 1.29 is 9.53 Å². The van der Waals surface area contributed by atoms with Crippen LogP contribution in [0.5, 0.6) is 5.75 Å². The minimum Gasteiger partial charge on any atom is -0.497 e. The van der Waals surface area contributed by atoms with E-state index in [0.29, 0.717) is 13.1 Å². The second-order valence-corrected chi connectivity index (χ2v) is 5.54. The van der Waals surface area contributed by atoms with Crippen LogP contribution in [0.3, 0.4) is 0 Å². The second-order valence-electron chi connectivity index (χ2n) is 5.54. The molecule has 3 rings (SSSR count). The number of nitrogens with zero attached hydrogens (tertiary/aromatic N) is 5. The summed E-state index contributed by atoms with van der Waals surface area (Å²) in [7, 11) is 1.63. The molecule has 0 spiro atoms. The van der Waals surface area contributed by atoms with Crippen LogP contribution >= 0.6 is 0 Å². The highest BCUT2D eigenvalue weighted by Crippen LogP contribution is 2.12. The Hall–Kier alpha value is -3.16. The van der Waals surface area contributed by atoms with Gasteiger partial charge < -0.3 is 10.1 Å². The van der Waals surface area contributed by atoms with Crippen molar-refractivity contribution in [3.8, 4) is 5.75 Å². The standard InChI is InChI=1S/C17H20N6O2/c1-3-22-11-14(9-19-22)8-18-17(24)16-12-23(21-20-16)10-13-4-6-15(25-2)7-5-13/h4-7,9,11-12H,3,8,10H2,1-2H3,(H,18,24). The number of ether oxygens (including phenoxy) is 1. The van der Waals surface area contributed by atoms with E-state index in [4.69, 9.17) is 4.74 Å². The molecule has 1 amide bonds. The van der Waals surface area contributed by atoms with Gasteiger partial charge >= 0.3 is 0 Å². The molecule has 8 heteroatoms. The quantitative estimate of drug-likeness (QED) is 0.704. The first-order valence-corrected chi connectivity index (χ1v) is 8.00. The Balaban J connectivity index is 1.57. The molecule has 0 saturated carbocycles. The third kappa shape index (κ3) is 4.23. The largest absolute Gasteiger partial charge is 0.497 e. The van der Waals surface area contributed by atoms with E-state index in [1.165, 1.54) is 0 Å². The zero-order chi connectivity index (χ0) is 17.6. The average Bonchev–Trinajstić information content (AvgIpc) is 3.29. The number of hydrogen-bond donors (Lipinski definition) is 1. The summed E-state index contributed by atoms with van der Waals surface area (Å²) in [5, 5.41) is 14.9. The van der Waals surface area contributed by atoms with E-state index >= 15 is 0 Å². The van der Waals surface area contributed by atoms with Crippen molar-refractivity contribution in [2.24, 2.45) is 0 Å². The summed E-state index contributed by atoms with van der Waals surface area (Å²) in [6.45, 7) is 3.75. The normalized spacial score (nSPS) is 10.6. The first kappa shape index (κ1) is 16.7. The summed E-state index contributed by atoms with van der Waals surface area (Å²) in [6, 6.07) is 7.67. The number of aromatic nitrogens is 5. The first-order chi connectivity index (χ1) is 12.2. The molecule has 0 bridgehead atoms. The average molecular weight is 340 g/mol. The number of benzene rings is 1. The van der Waals surface area contributed by atoms with Crippen molar-refractivity contribution in [3.63, 3.8) is 0 Å². The Morgan fingerprint density at radius 1 is 1.16 bits per heavy atom. The van der Waals surface area contributed by atoms with Crippen molar-refractivity contribution in [3.05, 3.63) is 59.7 Å². The van der Waals surface area contributed by atoms with Crippen LogP contribution < -0.4 is 10.1 Å². The topological polar surface area (TPSA) is 86.9 Å². The SMILES string of the molecule is CCn1cc(CNC(=O)c2cn(Cc3ccc(OC)cc3)nn2)cn1. The highest BCUT2D eigenvalue weighted by atomic mass is 16.5. The fourth-order valence-corrected chi connectivity index (χ4v) is 2.34. The molecule has 1 N–H and O–H groups in total. The molecule has 3 aromatic rings. The summed E-state index contributed by atoms with van der Waals surface area (Å²) in [5.74, 6) is 0.541. The molecule has 0 unspecified atom stereocenters. The maximum Gasteiger partial charge on any atom is 0.273 e. The number of methoxy groups -OCH3 is 1. The van der Waals surface area contributed by atoms with Crippen LogP contribution in [0.25, 0.3) is 0 Å². The van der Waals surface area contributed by atoms with Gasteiger partial charge in [0.1, 0.15) is 5.75 Å². The smallest absolute Gasteiger partial charge is 0.273 e. The molecule has 0 aliphatic carbocycles. The Morgan fingerprint density at radius 3 is 2.64 bits per heavy atom. The molecule has 8 nitrogen and oxygen atoms in total. The minimum atomic E-state index is -0.259. The highest BCUT2D eigenvalue weighted by molar-refractivity contribution is 5.91. The molecule has 0 atom stereocenters. The maximum atomic E-state index is 12.2. The Morgan fingerprint density at radius 2 is 1.96 bits per heavy atom. The van der Waals surface area contributed by atoms with Crippen LogP contribution in [0.1, 0.15) is 28.5 Å². The first-order valence-electron chi connectivity index (χ1n) is 8.00. The molecule has 25 heavy (non-hydrogen) atoms. The van der Waals surface area contributed by atoms with Gasteiger partial charge in [0.2, 0.25) is 0 Å². The van der Waals surface area contributed by atoms with Gasteiger partial charge in [-0.25, -0.2) is 4.68 Å². The van der Waals surface area contributed by atoms with Gasteiger partial charge in [0.15, 0.2) is 5.69 Å². The molecule has 0 fully saturated rings. The van der Waals surface area contributed by atoms with Gasteiger partial charge in [0, 0.05) is 24.8 Å². The van der Waals surface area contributed by atoms with Crippen LogP contribution in [0.4, 0.5) is 0 Å². The van der Waals surface area contributed by atoms with Gasteiger partial charge in [-0.05, 0) is 24.6 Å². The summed E-state index contributed by atoms with van der Waals surface area (Å²) >= 11 is 0. The van der Waals surface area contributed by atoms with Crippen molar-refractivity contribution >= 4 is 5.91 Å². The molecule has 0 radical (unpaired) electrons. The van der Waals surface area contributed by atoms with E-state index in [1.54, 1.807) is 24.2 Å². The minimum absolute atomic E-state index is 0.259. The lowest BCUT2D eigenvalue weighted by Crippen LogP contribution is -2.23. The number of amides is 1. The lowest BCUT2D eigenvalue weighted by Gasteiger charge is -2.03. The third-order valence-electron chi connectivity index (χ3n) is 3.74. The van der Waals surface area contributed by atoms with Crippen LogP contribution in [0.2, 0.25) is 0 Å². The molecular weight excluding hydrogens is 320 g/mol. The Bertz CT molecular complexity index is 837. The lowest BCUT2D eigenvalue weighted by molar-refractivity contribution is 0.0946. The molecule has 0 aliphatic heterocycles.